The van der Waals surface area contributed by atoms with Crippen LogP contribution in [0.25, 0.3) is 0 Å². The molecule has 1 aromatic carbocycles. The summed E-state index contributed by atoms with van der Waals surface area (Å²) >= 11 is 0. The van der Waals surface area contributed by atoms with Gasteiger partial charge in [-0.05, 0) is 43.5 Å². The van der Waals surface area contributed by atoms with E-state index >= 15 is 0 Å². The second kappa shape index (κ2) is 8.20. The van der Waals surface area contributed by atoms with E-state index in [0.717, 1.165) is 25.8 Å². The van der Waals surface area contributed by atoms with Crippen molar-refractivity contribution in [3.63, 3.8) is 0 Å². The van der Waals surface area contributed by atoms with Gasteiger partial charge in [0.25, 0.3) is 0 Å². The predicted molar refractivity (Wildman–Crippen MR) is 81.1 cm³/mol. The van der Waals surface area contributed by atoms with E-state index in [2.05, 4.69) is 12.2 Å². The molecule has 0 aromatic heterocycles. The Morgan fingerprint density at radius 3 is 2.10 bits per heavy atom. The van der Waals surface area contributed by atoms with E-state index in [1.807, 2.05) is 13.8 Å². The number of benzene rings is 1. The lowest BCUT2D eigenvalue weighted by Gasteiger charge is -2.29. The average Bonchev–Trinajstić information content (AvgIpc) is 2.39. The Balaban J connectivity index is 2.93. The molecule has 114 valence electrons. The van der Waals surface area contributed by atoms with Crippen molar-refractivity contribution < 1.29 is 8.78 Å². The van der Waals surface area contributed by atoms with Gasteiger partial charge >= 0.3 is 0 Å². The zero-order chi connectivity index (χ0) is 15.1. The van der Waals surface area contributed by atoms with Gasteiger partial charge in [0.2, 0.25) is 0 Å². The van der Waals surface area contributed by atoms with E-state index in [1.54, 1.807) is 11.9 Å². The Labute approximate surface area is 121 Å². The molecule has 1 N–H and O–H groups in total. The molecule has 0 aliphatic rings. The van der Waals surface area contributed by atoms with Crippen LogP contribution in [-0.4, -0.2) is 19.6 Å². The highest BCUT2D eigenvalue weighted by molar-refractivity contribution is 5.51. The molecule has 0 bridgehead atoms. The van der Waals surface area contributed by atoms with Gasteiger partial charge in [-0.1, -0.05) is 20.8 Å². The van der Waals surface area contributed by atoms with Crippen LogP contribution >= 0.6 is 0 Å². The highest BCUT2D eigenvalue weighted by atomic mass is 19.1. The van der Waals surface area contributed by atoms with Crippen LogP contribution in [0.2, 0.25) is 0 Å². The average molecular weight is 284 g/mol. The van der Waals surface area contributed by atoms with Crippen LogP contribution in [0.5, 0.6) is 0 Å². The first-order valence-electron chi connectivity index (χ1n) is 7.46. The fourth-order valence-corrected chi connectivity index (χ4v) is 2.49. The minimum absolute atomic E-state index is 0.0814. The molecule has 0 amide bonds. The topological polar surface area (TPSA) is 15.3 Å². The van der Waals surface area contributed by atoms with Crippen molar-refractivity contribution in [3.8, 4) is 0 Å². The fraction of sp³-hybridized carbons (Fsp3) is 0.625. The summed E-state index contributed by atoms with van der Waals surface area (Å²) in [6.45, 7) is 7.46. The SMILES string of the molecule is CCCNCc1cc(F)c(N(C)C(CC)CC)c(F)c1. The van der Waals surface area contributed by atoms with Crippen molar-refractivity contribution in [3.05, 3.63) is 29.3 Å². The third kappa shape index (κ3) is 4.17. The molecule has 0 atom stereocenters. The Morgan fingerprint density at radius 2 is 1.65 bits per heavy atom. The summed E-state index contributed by atoms with van der Waals surface area (Å²) in [5.41, 5.74) is 0.730. The molecular weight excluding hydrogens is 258 g/mol. The van der Waals surface area contributed by atoms with Crippen molar-refractivity contribution in [1.29, 1.82) is 0 Å². The molecule has 0 fully saturated rings. The summed E-state index contributed by atoms with van der Waals surface area (Å²) in [5, 5.41) is 3.15. The molecule has 0 unspecified atom stereocenters. The quantitative estimate of drug-likeness (QED) is 0.723. The number of hydrogen-bond acceptors (Lipinski definition) is 2. The number of halogens is 2. The van der Waals surface area contributed by atoms with E-state index in [1.165, 1.54) is 12.1 Å². The number of rotatable bonds is 8. The first-order chi connectivity index (χ1) is 9.54. The van der Waals surface area contributed by atoms with Gasteiger partial charge in [0.05, 0.1) is 0 Å². The van der Waals surface area contributed by atoms with Crippen molar-refractivity contribution in [2.45, 2.75) is 52.6 Å². The monoisotopic (exact) mass is 284 g/mol. The summed E-state index contributed by atoms with van der Waals surface area (Å²) < 4.78 is 28.4. The molecule has 1 rings (SSSR count). The normalized spacial score (nSPS) is 11.2. The van der Waals surface area contributed by atoms with Crippen molar-refractivity contribution in [2.75, 3.05) is 18.5 Å². The maximum absolute atomic E-state index is 14.2. The van der Waals surface area contributed by atoms with Crippen molar-refractivity contribution >= 4 is 5.69 Å². The maximum Gasteiger partial charge on any atom is 0.149 e. The number of nitrogens with zero attached hydrogens (tertiary/aromatic N) is 1. The van der Waals surface area contributed by atoms with Gasteiger partial charge in [-0.25, -0.2) is 8.78 Å². The van der Waals surface area contributed by atoms with E-state index in [4.69, 9.17) is 0 Å². The van der Waals surface area contributed by atoms with Gasteiger partial charge in [-0.3, -0.25) is 0 Å². The lowest BCUT2D eigenvalue weighted by molar-refractivity contribution is 0.533. The van der Waals surface area contributed by atoms with Crippen molar-refractivity contribution in [1.82, 2.24) is 5.32 Å². The van der Waals surface area contributed by atoms with E-state index in [0.29, 0.717) is 12.1 Å². The molecule has 0 saturated heterocycles. The Kier molecular flexibility index (Phi) is 6.93. The van der Waals surface area contributed by atoms with Gasteiger partial charge in [0.1, 0.15) is 17.3 Å². The molecule has 0 spiro atoms. The van der Waals surface area contributed by atoms with Crippen LogP contribution in [0.15, 0.2) is 12.1 Å². The molecule has 0 aliphatic heterocycles. The molecule has 2 nitrogen and oxygen atoms in total. The maximum atomic E-state index is 14.2. The summed E-state index contributed by atoms with van der Waals surface area (Å²) in [5.74, 6) is -0.958. The first kappa shape index (κ1) is 16.9. The second-order valence-electron chi connectivity index (χ2n) is 5.17. The lowest BCUT2D eigenvalue weighted by atomic mass is 10.1. The molecule has 1 aromatic rings. The Bertz CT molecular complexity index is 394. The molecule has 0 aliphatic carbocycles. The number of nitrogens with one attached hydrogen (secondary N) is 1. The molecule has 20 heavy (non-hydrogen) atoms. The predicted octanol–water partition coefficient (Wildman–Crippen LogP) is 4.09. The van der Waals surface area contributed by atoms with Gasteiger partial charge in [-0.15, -0.1) is 0 Å². The third-order valence-electron chi connectivity index (χ3n) is 3.68. The van der Waals surface area contributed by atoms with E-state index < -0.39 is 11.6 Å². The van der Waals surface area contributed by atoms with E-state index in [9.17, 15) is 8.78 Å². The van der Waals surface area contributed by atoms with Crippen LogP contribution in [0.4, 0.5) is 14.5 Å². The molecular formula is C16H26F2N2. The Hall–Kier alpha value is -1.16. The largest absolute Gasteiger partial charge is 0.367 e. The zero-order valence-corrected chi connectivity index (χ0v) is 13.0. The summed E-state index contributed by atoms with van der Waals surface area (Å²) in [6.07, 6.45) is 2.73. The van der Waals surface area contributed by atoms with Crippen LogP contribution in [0.1, 0.15) is 45.6 Å². The fourth-order valence-electron chi connectivity index (χ4n) is 2.49. The van der Waals surface area contributed by atoms with Gasteiger partial charge in [-0.2, -0.15) is 0 Å². The van der Waals surface area contributed by atoms with Gasteiger partial charge < -0.3 is 10.2 Å². The zero-order valence-electron chi connectivity index (χ0n) is 13.0. The van der Waals surface area contributed by atoms with Gasteiger partial charge in [0, 0.05) is 19.6 Å². The van der Waals surface area contributed by atoms with Crippen LogP contribution < -0.4 is 10.2 Å². The molecule has 4 heteroatoms. The minimum Gasteiger partial charge on any atom is -0.367 e. The Morgan fingerprint density at radius 1 is 1.10 bits per heavy atom. The third-order valence-corrected chi connectivity index (χ3v) is 3.68. The summed E-state index contributed by atoms with van der Waals surface area (Å²) in [6, 6.07) is 3.02. The highest BCUT2D eigenvalue weighted by Gasteiger charge is 2.19. The summed E-state index contributed by atoms with van der Waals surface area (Å²) in [7, 11) is 1.76. The molecule has 0 saturated carbocycles. The highest BCUT2D eigenvalue weighted by Crippen LogP contribution is 2.27. The van der Waals surface area contributed by atoms with Crippen LogP contribution in [0, 0.1) is 11.6 Å². The van der Waals surface area contributed by atoms with Gasteiger partial charge in [0.15, 0.2) is 0 Å². The van der Waals surface area contributed by atoms with Crippen molar-refractivity contribution in [2.24, 2.45) is 0 Å². The smallest absolute Gasteiger partial charge is 0.149 e. The molecule has 0 radical (unpaired) electrons. The standard InChI is InChI=1S/C16H26F2N2/c1-5-8-19-11-12-9-14(17)16(15(18)10-12)20(4)13(6-2)7-3/h9-10,13,19H,5-8,11H2,1-4H3. The second-order valence-corrected chi connectivity index (χ2v) is 5.17. The lowest BCUT2D eigenvalue weighted by Crippen LogP contribution is -2.32. The van der Waals surface area contributed by atoms with Crippen LogP contribution in [0.3, 0.4) is 0 Å². The first-order valence-corrected chi connectivity index (χ1v) is 7.46. The molecule has 0 heterocycles. The minimum atomic E-state index is -0.479. The number of anilines is 1. The summed E-state index contributed by atoms with van der Waals surface area (Å²) in [4.78, 5) is 1.72. The van der Waals surface area contributed by atoms with Crippen LogP contribution in [-0.2, 0) is 6.54 Å². The number of hydrogen-bond donors (Lipinski definition) is 1. The van der Waals surface area contributed by atoms with E-state index in [-0.39, 0.29) is 11.7 Å².